The molecule has 0 spiro atoms. The van der Waals surface area contributed by atoms with Crippen LogP contribution in [0.2, 0.25) is 0 Å². The summed E-state index contributed by atoms with van der Waals surface area (Å²) in [5.41, 5.74) is -1.28. The van der Waals surface area contributed by atoms with Crippen molar-refractivity contribution in [2.75, 3.05) is 0 Å². The van der Waals surface area contributed by atoms with Crippen LogP contribution in [0.15, 0.2) is 15.3 Å². The van der Waals surface area contributed by atoms with Crippen LogP contribution >= 0.6 is 0 Å². The average molecular weight is 240 g/mol. The Hall–Kier alpha value is -2.11. The van der Waals surface area contributed by atoms with Crippen molar-refractivity contribution in [2.24, 2.45) is 0 Å². The maximum atomic E-state index is 11.3. The molecule has 0 aliphatic rings. The van der Waals surface area contributed by atoms with Gasteiger partial charge in [-0.25, -0.2) is 4.79 Å². The van der Waals surface area contributed by atoms with E-state index >= 15 is 0 Å². The first-order chi connectivity index (χ1) is 7.91. The highest BCUT2D eigenvalue weighted by molar-refractivity contribution is 5.96. The van der Waals surface area contributed by atoms with Gasteiger partial charge in [-0.15, -0.1) is 0 Å². The molecule has 0 bridgehead atoms. The number of carboxylic acid groups (broad SMARTS) is 1. The van der Waals surface area contributed by atoms with Crippen molar-refractivity contribution in [3.05, 3.63) is 27.8 Å². The number of hydrogen-bond donors (Lipinski definition) is 2. The lowest BCUT2D eigenvalue weighted by molar-refractivity contribution is -0.137. The zero-order chi connectivity index (χ0) is 13.0. The topological polar surface area (TPSA) is 105 Å². The summed E-state index contributed by atoms with van der Waals surface area (Å²) in [4.78, 5) is 32.6. The molecular formula is C11H12O6. The Bertz CT molecular complexity index is 499. The highest BCUT2D eigenvalue weighted by atomic mass is 16.4. The van der Waals surface area contributed by atoms with Crippen molar-refractivity contribution in [2.45, 2.75) is 26.2 Å². The minimum absolute atomic E-state index is 0.0566. The van der Waals surface area contributed by atoms with Gasteiger partial charge in [0.05, 0.1) is 0 Å². The van der Waals surface area contributed by atoms with Gasteiger partial charge < -0.3 is 14.6 Å². The molecule has 1 aromatic heterocycles. The lowest BCUT2D eigenvalue weighted by Gasteiger charge is -2.02. The molecule has 0 atom stereocenters. The van der Waals surface area contributed by atoms with E-state index in [1.165, 1.54) is 6.07 Å². The van der Waals surface area contributed by atoms with E-state index < -0.39 is 23.1 Å². The van der Waals surface area contributed by atoms with Crippen LogP contribution < -0.4 is 5.63 Å². The Morgan fingerprint density at radius 1 is 1.41 bits per heavy atom. The first-order valence-electron chi connectivity index (χ1n) is 5.00. The van der Waals surface area contributed by atoms with E-state index in [0.29, 0.717) is 0 Å². The first kappa shape index (κ1) is 13.0. The van der Waals surface area contributed by atoms with Crippen LogP contribution in [0.25, 0.3) is 0 Å². The smallest absolute Gasteiger partial charge is 0.350 e. The summed E-state index contributed by atoms with van der Waals surface area (Å²) in [7, 11) is 0. The first-order valence-corrected chi connectivity index (χ1v) is 5.00. The molecule has 0 saturated heterocycles. The zero-order valence-corrected chi connectivity index (χ0v) is 9.23. The monoisotopic (exact) mass is 240 g/mol. The fourth-order valence-electron chi connectivity index (χ4n) is 1.39. The summed E-state index contributed by atoms with van der Waals surface area (Å²) in [5, 5.41) is 17.9. The quantitative estimate of drug-likeness (QED) is 0.742. The third-order valence-corrected chi connectivity index (χ3v) is 2.15. The lowest BCUT2D eigenvalue weighted by Crippen LogP contribution is -2.13. The highest BCUT2D eigenvalue weighted by Gasteiger charge is 2.15. The van der Waals surface area contributed by atoms with E-state index in [-0.39, 0.29) is 30.6 Å². The molecule has 0 radical (unpaired) electrons. The molecule has 92 valence electrons. The maximum Gasteiger partial charge on any atom is 0.350 e. The number of aryl methyl sites for hydroxylation is 1. The third-order valence-electron chi connectivity index (χ3n) is 2.15. The van der Waals surface area contributed by atoms with Crippen molar-refractivity contribution in [3.63, 3.8) is 0 Å². The second-order valence-corrected chi connectivity index (χ2v) is 3.56. The van der Waals surface area contributed by atoms with Crippen LogP contribution in [0.1, 0.15) is 35.9 Å². The zero-order valence-electron chi connectivity index (χ0n) is 9.23. The van der Waals surface area contributed by atoms with Crippen LogP contribution in [0.3, 0.4) is 0 Å². The van der Waals surface area contributed by atoms with E-state index in [1.54, 1.807) is 0 Å². The Labute approximate surface area is 96.5 Å². The number of carbonyl (C=O) groups excluding carboxylic acids is 1. The highest BCUT2D eigenvalue weighted by Crippen LogP contribution is 2.16. The largest absolute Gasteiger partial charge is 0.507 e. The van der Waals surface area contributed by atoms with Crippen molar-refractivity contribution in [1.82, 2.24) is 0 Å². The molecule has 1 heterocycles. The van der Waals surface area contributed by atoms with E-state index in [4.69, 9.17) is 9.52 Å². The summed E-state index contributed by atoms with van der Waals surface area (Å²) in [5.74, 6) is -1.79. The molecule has 0 unspecified atom stereocenters. The molecule has 0 aliphatic heterocycles. The Morgan fingerprint density at radius 3 is 2.53 bits per heavy atom. The minimum atomic E-state index is -0.947. The Balaban J connectivity index is 2.88. The van der Waals surface area contributed by atoms with Crippen LogP contribution in [-0.2, 0) is 11.2 Å². The SMILES string of the molecule is CC(=O)c1c(O)cc(CCCC(=O)O)oc1=O. The van der Waals surface area contributed by atoms with Gasteiger partial charge in [0.25, 0.3) is 0 Å². The second-order valence-electron chi connectivity index (χ2n) is 3.56. The van der Waals surface area contributed by atoms with Crippen LogP contribution in [-0.4, -0.2) is 22.0 Å². The number of Topliss-reactive ketones (excluding diaryl/α,β-unsaturated/α-hetero) is 1. The number of ketones is 1. The van der Waals surface area contributed by atoms with E-state index in [2.05, 4.69) is 0 Å². The molecule has 6 heteroatoms. The summed E-state index contributed by atoms with van der Waals surface area (Å²) in [6.07, 6.45) is 0.448. The normalized spacial score (nSPS) is 10.2. The van der Waals surface area contributed by atoms with Crippen LogP contribution in [0.5, 0.6) is 5.75 Å². The van der Waals surface area contributed by atoms with Gasteiger partial charge in [-0.1, -0.05) is 0 Å². The van der Waals surface area contributed by atoms with E-state index in [0.717, 1.165) is 6.92 Å². The summed E-state index contributed by atoms with van der Waals surface area (Å²) in [6.45, 7) is 1.15. The number of carboxylic acids is 1. The number of aliphatic carboxylic acids is 1. The summed E-state index contributed by atoms with van der Waals surface area (Å²) >= 11 is 0. The maximum absolute atomic E-state index is 11.3. The number of aromatic hydroxyl groups is 1. The summed E-state index contributed by atoms with van der Waals surface area (Å²) < 4.78 is 4.80. The van der Waals surface area contributed by atoms with Crippen molar-refractivity contribution in [1.29, 1.82) is 0 Å². The Morgan fingerprint density at radius 2 is 2.06 bits per heavy atom. The molecule has 2 N–H and O–H groups in total. The van der Waals surface area contributed by atoms with Gasteiger partial charge in [-0.3, -0.25) is 9.59 Å². The van der Waals surface area contributed by atoms with Crippen LogP contribution in [0, 0.1) is 0 Å². The van der Waals surface area contributed by atoms with Crippen LogP contribution in [0.4, 0.5) is 0 Å². The van der Waals surface area contributed by atoms with Crippen molar-refractivity contribution >= 4 is 11.8 Å². The summed E-state index contributed by atoms with van der Waals surface area (Å²) in [6, 6.07) is 1.17. The standard InChI is InChI=1S/C11H12O6/c1-6(12)10-8(13)5-7(17-11(10)16)3-2-4-9(14)15/h5,13H,2-4H2,1H3,(H,14,15). The van der Waals surface area contributed by atoms with Gasteiger partial charge in [-0.2, -0.15) is 0 Å². The number of rotatable bonds is 5. The van der Waals surface area contributed by atoms with Gasteiger partial charge in [0.15, 0.2) is 5.78 Å². The van der Waals surface area contributed by atoms with Gasteiger partial charge in [-0.05, 0) is 13.3 Å². The van der Waals surface area contributed by atoms with Gasteiger partial charge in [0, 0.05) is 18.9 Å². The molecule has 0 amide bonds. The molecule has 1 aromatic rings. The van der Waals surface area contributed by atoms with Crippen molar-refractivity contribution in [3.8, 4) is 5.75 Å². The molecule has 1 rings (SSSR count). The number of carbonyl (C=O) groups is 2. The Kier molecular flexibility index (Phi) is 4.03. The molecular weight excluding hydrogens is 228 g/mol. The molecule has 0 aromatic carbocycles. The molecule has 0 fully saturated rings. The molecule has 6 nitrogen and oxygen atoms in total. The lowest BCUT2D eigenvalue weighted by atomic mass is 10.1. The second kappa shape index (κ2) is 5.29. The van der Waals surface area contributed by atoms with E-state index in [1.807, 2.05) is 0 Å². The average Bonchev–Trinajstić information content (AvgIpc) is 2.14. The van der Waals surface area contributed by atoms with Gasteiger partial charge in [0.2, 0.25) is 0 Å². The number of hydrogen-bond acceptors (Lipinski definition) is 5. The predicted octanol–water partition coefficient (Wildman–Crippen LogP) is 0.955. The fourth-order valence-corrected chi connectivity index (χ4v) is 1.39. The molecule has 0 aliphatic carbocycles. The third kappa shape index (κ3) is 3.44. The molecule has 0 saturated carbocycles. The van der Waals surface area contributed by atoms with E-state index in [9.17, 15) is 19.5 Å². The van der Waals surface area contributed by atoms with Gasteiger partial charge in [0.1, 0.15) is 17.1 Å². The fraction of sp³-hybridized carbons (Fsp3) is 0.364. The molecule has 17 heavy (non-hydrogen) atoms. The minimum Gasteiger partial charge on any atom is -0.507 e. The van der Waals surface area contributed by atoms with Gasteiger partial charge >= 0.3 is 11.6 Å². The predicted molar refractivity (Wildman–Crippen MR) is 57.2 cm³/mol. The van der Waals surface area contributed by atoms with Crippen molar-refractivity contribution < 1.29 is 24.2 Å².